The highest BCUT2D eigenvalue weighted by atomic mass is 32.2. The van der Waals surface area contributed by atoms with Crippen molar-refractivity contribution in [3.63, 3.8) is 0 Å². The maximum absolute atomic E-state index is 12.0. The molecule has 0 unspecified atom stereocenters. The molecule has 0 radical (unpaired) electrons. The number of rotatable bonds is 2. The first-order valence-corrected chi connectivity index (χ1v) is 4.31. The first-order chi connectivity index (χ1) is 6.85. The predicted molar refractivity (Wildman–Crippen MR) is 44.7 cm³/mol. The Morgan fingerprint density at radius 1 is 1.40 bits per heavy atom. The highest BCUT2D eigenvalue weighted by Crippen LogP contribution is 2.36. The number of alkyl halides is 3. The lowest BCUT2D eigenvalue weighted by Crippen LogP contribution is -2.10. The zero-order valence-electron chi connectivity index (χ0n) is 7.27. The number of aromatic nitrogens is 2. The van der Waals surface area contributed by atoms with E-state index in [0.29, 0.717) is 0 Å². The summed E-state index contributed by atoms with van der Waals surface area (Å²) in [5, 5.41) is 3.89. The normalized spacial score (nSPS) is 11.5. The Morgan fingerprint density at radius 2 is 2.00 bits per heavy atom. The van der Waals surface area contributed by atoms with Crippen molar-refractivity contribution in [2.24, 2.45) is 0 Å². The van der Waals surface area contributed by atoms with Crippen LogP contribution in [0.25, 0.3) is 0 Å². The third kappa shape index (κ3) is 2.78. The van der Waals surface area contributed by atoms with Crippen molar-refractivity contribution in [3.05, 3.63) is 16.0 Å². The zero-order chi connectivity index (χ0) is 11.6. The molecule has 84 valence electrons. The number of thioether (sulfide) groups is 1. The van der Waals surface area contributed by atoms with Crippen LogP contribution in [0.15, 0.2) is 9.69 Å². The number of halogens is 3. The number of H-pyrrole nitrogens is 2. The molecule has 0 spiro atoms. The maximum Gasteiger partial charge on any atom is 0.446 e. The average molecular weight is 242 g/mol. The number of hydrogen-bond donors (Lipinski definition) is 2. The van der Waals surface area contributed by atoms with E-state index < -0.39 is 39.4 Å². The Bertz CT molecular complexity index is 422. The molecule has 1 heterocycles. The van der Waals surface area contributed by atoms with Gasteiger partial charge in [0.2, 0.25) is 0 Å². The summed E-state index contributed by atoms with van der Waals surface area (Å²) < 4.78 is 40.2. The summed E-state index contributed by atoms with van der Waals surface area (Å²) in [6.07, 6.45) is 0. The van der Waals surface area contributed by atoms with Gasteiger partial charge < -0.3 is 4.74 Å². The van der Waals surface area contributed by atoms with E-state index in [1.54, 1.807) is 0 Å². The molecular formula is C6H5F3N2O3S. The highest BCUT2D eigenvalue weighted by Gasteiger charge is 2.34. The Morgan fingerprint density at radius 3 is 2.47 bits per heavy atom. The summed E-state index contributed by atoms with van der Waals surface area (Å²) in [6.45, 7) is 0. The van der Waals surface area contributed by atoms with Crippen molar-refractivity contribution in [1.29, 1.82) is 0 Å². The van der Waals surface area contributed by atoms with Gasteiger partial charge in [-0.15, -0.1) is 0 Å². The summed E-state index contributed by atoms with van der Waals surface area (Å²) >= 11 is -0.671. The number of hydrogen-bond acceptors (Lipinski definition) is 4. The van der Waals surface area contributed by atoms with Crippen molar-refractivity contribution >= 4 is 17.7 Å². The van der Waals surface area contributed by atoms with Crippen LogP contribution >= 0.6 is 11.8 Å². The molecule has 0 atom stereocenters. The number of ether oxygens (including phenoxy) is 1. The largest absolute Gasteiger partial charge is 0.464 e. The number of carbonyl (C=O) groups excluding carboxylic acids is 1. The Balaban J connectivity index is 3.11. The molecule has 0 saturated carbocycles. The molecular weight excluding hydrogens is 237 g/mol. The molecule has 15 heavy (non-hydrogen) atoms. The van der Waals surface area contributed by atoms with Crippen LogP contribution in [0.3, 0.4) is 0 Å². The van der Waals surface area contributed by atoms with Crippen LogP contribution in [0.2, 0.25) is 0 Å². The third-order valence-electron chi connectivity index (χ3n) is 1.34. The summed E-state index contributed by atoms with van der Waals surface area (Å²) in [4.78, 5) is 21.1. The molecule has 0 aliphatic heterocycles. The minimum atomic E-state index is -4.64. The first kappa shape index (κ1) is 11.7. The highest BCUT2D eigenvalue weighted by molar-refractivity contribution is 8.00. The van der Waals surface area contributed by atoms with Crippen molar-refractivity contribution in [2.75, 3.05) is 7.11 Å². The van der Waals surface area contributed by atoms with E-state index in [1.807, 2.05) is 10.2 Å². The summed E-state index contributed by atoms with van der Waals surface area (Å²) in [7, 11) is 0.996. The lowest BCUT2D eigenvalue weighted by Gasteiger charge is -2.03. The van der Waals surface area contributed by atoms with Gasteiger partial charge in [-0.1, -0.05) is 0 Å². The Kier molecular flexibility index (Phi) is 3.12. The van der Waals surface area contributed by atoms with Crippen LogP contribution in [-0.4, -0.2) is 28.8 Å². The van der Waals surface area contributed by atoms with Gasteiger partial charge in [0.25, 0.3) is 5.56 Å². The molecule has 1 aromatic rings. The van der Waals surface area contributed by atoms with Crippen LogP contribution in [0.1, 0.15) is 10.5 Å². The smallest absolute Gasteiger partial charge is 0.446 e. The van der Waals surface area contributed by atoms with Crippen molar-refractivity contribution < 1.29 is 22.7 Å². The fraction of sp³-hybridized carbons (Fsp3) is 0.333. The maximum atomic E-state index is 12.0. The van der Waals surface area contributed by atoms with Crippen molar-refractivity contribution in [1.82, 2.24) is 10.2 Å². The fourth-order valence-electron chi connectivity index (χ4n) is 0.805. The summed E-state index contributed by atoms with van der Waals surface area (Å²) in [5.41, 5.74) is -6.19. The van der Waals surface area contributed by atoms with Gasteiger partial charge in [-0.3, -0.25) is 15.0 Å². The van der Waals surface area contributed by atoms with Gasteiger partial charge >= 0.3 is 11.5 Å². The van der Waals surface area contributed by atoms with Crippen LogP contribution in [-0.2, 0) is 4.74 Å². The molecule has 0 saturated heterocycles. The van der Waals surface area contributed by atoms with E-state index in [0.717, 1.165) is 7.11 Å². The third-order valence-corrected chi connectivity index (χ3v) is 2.17. The van der Waals surface area contributed by atoms with Crippen LogP contribution in [0.5, 0.6) is 0 Å². The second kappa shape index (κ2) is 4.01. The number of methoxy groups -OCH3 is 1. The van der Waals surface area contributed by atoms with Gasteiger partial charge in [0.1, 0.15) is 4.90 Å². The standard InChI is InChI=1S/C6H5F3N2O3S/c1-14-5(13)2-3(4(12)11-10-2)15-6(7,8)9/h1H3,(H2,10,11,12). The van der Waals surface area contributed by atoms with Crippen LogP contribution in [0.4, 0.5) is 13.2 Å². The van der Waals surface area contributed by atoms with E-state index in [2.05, 4.69) is 4.74 Å². The van der Waals surface area contributed by atoms with Gasteiger partial charge in [-0.25, -0.2) is 4.79 Å². The number of aromatic amines is 2. The minimum absolute atomic E-state index is 0.537. The van der Waals surface area contributed by atoms with Gasteiger partial charge in [0, 0.05) is 0 Å². The number of esters is 1. The topological polar surface area (TPSA) is 75.0 Å². The van der Waals surface area contributed by atoms with Gasteiger partial charge in [-0.2, -0.15) is 13.2 Å². The van der Waals surface area contributed by atoms with Crippen molar-refractivity contribution in [2.45, 2.75) is 10.4 Å². The van der Waals surface area contributed by atoms with Gasteiger partial charge in [-0.05, 0) is 11.8 Å². The molecule has 1 rings (SSSR count). The van der Waals surface area contributed by atoms with Crippen LogP contribution < -0.4 is 5.56 Å². The average Bonchev–Trinajstić information content (AvgIpc) is 2.45. The summed E-state index contributed by atoms with van der Waals surface area (Å²) in [6, 6.07) is 0. The molecule has 0 aromatic carbocycles. The SMILES string of the molecule is COC(=O)c1[nH][nH]c(=O)c1SC(F)(F)F. The van der Waals surface area contributed by atoms with E-state index >= 15 is 0 Å². The predicted octanol–water partition coefficient (Wildman–Crippen LogP) is 1.10. The van der Waals surface area contributed by atoms with E-state index in [4.69, 9.17) is 0 Å². The minimum Gasteiger partial charge on any atom is -0.464 e. The molecule has 0 fully saturated rings. The lowest BCUT2D eigenvalue weighted by molar-refractivity contribution is -0.0328. The van der Waals surface area contributed by atoms with Crippen LogP contribution in [0, 0.1) is 0 Å². The number of carbonyl (C=O) groups is 1. The number of nitrogens with one attached hydrogen (secondary N) is 2. The van der Waals surface area contributed by atoms with E-state index in [-0.39, 0.29) is 0 Å². The first-order valence-electron chi connectivity index (χ1n) is 3.50. The zero-order valence-corrected chi connectivity index (χ0v) is 8.08. The van der Waals surface area contributed by atoms with Gasteiger partial charge in [0.05, 0.1) is 7.11 Å². The Labute approximate surface area is 85.0 Å². The quantitative estimate of drug-likeness (QED) is 0.601. The second-order valence-corrected chi connectivity index (χ2v) is 3.40. The lowest BCUT2D eigenvalue weighted by atomic mass is 10.4. The molecule has 0 aliphatic carbocycles. The molecule has 9 heteroatoms. The monoisotopic (exact) mass is 242 g/mol. The second-order valence-electron chi connectivity index (χ2n) is 2.32. The molecule has 0 amide bonds. The molecule has 0 bridgehead atoms. The van der Waals surface area contributed by atoms with E-state index in [9.17, 15) is 22.8 Å². The molecule has 2 N–H and O–H groups in total. The van der Waals surface area contributed by atoms with Gasteiger partial charge in [0.15, 0.2) is 5.69 Å². The molecule has 5 nitrogen and oxygen atoms in total. The van der Waals surface area contributed by atoms with Crippen molar-refractivity contribution in [3.8, 4) is 0 Å². The molecule has 0 aliphatic rings. The molecule has 1 aromatic heterocycles. The summed E-state index contributed by atoms with van der Waals surface area (Å²) in [5.74, 6) is -1.04. The fourth-order valence-corrected chi connectivity index (χ4v) is 1.42. The van der Waals surface area contributed by atoms with E-state index in [1.165, 1.54) is 0 Å². The Hall–Kier alpha value is -1.38.